The molecule has 1 aromatic carbocycles. The first-order valence-corrected chi connectivity index (χ1v) is 5.36. The van der Waals surface area contributed by atoms with Gasteiger partial charge in [-0.15, -0.1) is 0 Å². The number of benzene rings is 1. The van der Waals surface area contributed by atoms with Gasteiger partial charge in [-0.1, -0.05) is 30.3 Å². The molecule has 1 atom stereocenters. The van der Waals surface area contributed by atoms with Gasteiger partial charge in [-0.2, -0.15) is 0 Å². The molecule has 0 spiro atoms. The Morgan fingerprint density at radius 3 is 2.33 bits per heavy atom. The highest BCUT2D eigenvalue weighted by molar-refractivity contribution is 5.16. The zero-order valence-corrected chi connectivity index (χ0v) is 9.73. The van der Waals surface area contributed by atoms with Crippen LogP contribution < -0.4 is 0 Å². The highest BCUT2D eigenvalue weighted by Gasteiger charge is 2.12. The molecular formula is C13H20O2. The molecule has 0 aromatic heterocycles. The van der Waals surface area contributed by atoms with Crippen LogP contribution >= 0.6 is 0 Å². The van der Waals surface area contributed by atoms with E-state index in [-0.39, 0.29) is 5.60 Å². The molecule has 0 heterocycles. The van der Waals surface area contributed by atoms with Gasteiger partial charge in [0.2, 0.25) is 0 Å². The van der Waals surface area contributed by atoms with E-state index in [9.17, 15) is 5.11 Å². The molecule has 1 N–H and O–H groups in total. The van der Waals surface area contributed by atoms with Crippen LogP contribution in [-0.2, 0) is 4.74 Å². The van der Waals surface area contributed by atoms with Crippen LogP contribution in [0.25, 0.3) is 0 Å². The van der Waals surface area contributed by atoms with E-state index in [1.54, 1.807) is 0 Å². The fraction of sp³-hybridized carbons (Fsp3) is 0.538. The van der Waals surface area contributed by atoms with Crippen LogP contribution in [0, 0.1) is 0 Å². The van der Waals surface area contributed by atoms with Gasteiger partial charge in [0.1, 0.15) is 0 Å². The molecule has 1 rings (SSSR count). The lowest BCUT2D eigenvalue weighted by Gasteiger charge is -2.20. The Morgan fingerprint density at radius 1 is 1.20 bits per heavy atom. The van der Waals surface area contributed by atoms with Gasteiger partial charge in [0.15, 0.2) is 0 Å². The van der Waals surface area contributed by atoms with Crippen molar-refractivity contribution in [2.24, 2.45) is 0 Å². The van der Waals surface area contributed by atoms with Gasteiger partial charge in [-0.3, -0.25) is 0 Å². The van der Waals surface area contributed by atoms with Gasteiger partial charge in [0, 0.05) is 6.42 Å². The minimum absolute atomic E-state index is 0.129. The second-order valence-corrected chi connectivity index (χ2v) is 4.68. The topological polar surface area (TPSA) is 29.5 Å². The molecule has 0 aliphatic heterocycles. The van der Waals surface area contributed by atoms with E-state index in [4.69, 9.17) is 4.74 Å². The molecule has 15 heavy (non-hydrogen) atoms. The van der Waals surface area contributed by atoms with Gasteiger partial charge in [-0.05, 0) is 26.3 Å². The molecule has 2 heteroatoms. The van der Waals surface area contributed by atoms with Crippen molar-refractivity contribution in [1.29, 1.82) is 0 Å². The largest absolute Gasteiger partial charge is 0.388 e. The highest BCUT2D eigenvalue weighted by atomic mass is 16.5. The molecule has 0 saturated heterocycles. The van der Waals surface area contributed by atoms with Gasteiger partial charge in [0.25, 0.3) is 0 Å². The number of aliphatic hydroxyl groups excluding tert-OH is 1. The molecule has 0 amide bonds. The van der Waals surface area contributed by atoms with Crippen molar-refractivity contribution in [3.63, 3.8) is 0 Å². The quantitative estimate of drug-likeness (QED) is 0.824. The zero-order valence-electron chi connectivity index (χ0n) is 9.73. The summed E-state index contributed by atoms with van der Waals surface area (Å²) in [6.45, 7) is 6.63. The van der Waals surface area contributed by atoms with E-state index < -0.39 is 6.10 Å². The van der Waals surface area contributed by atoms with Crippen LogP contribution in [0.5, 0.6) is 0 Å². The number of hydrogen-bond donors (Lipinski definition) is 1. The minimum atomic E-state index is -0.423. The third-order valence-electron chi connectivity index (χ3n) is 2.11. The first-order chi connectivity index (χ1) is 6.99. The maximum atomic E-state index is 9.84. The molecule has 1 unspecified atom stereocenters. The van der Waals surface area contributed by atoms with E-state index in [1.807, 2.05) is 51.1 Å². The maximum absolute atomic E-state index is 9.84. The van der Waals surface area contributed by atoms with Gasteiger partial charge < -0.3 is 9.84 Å². The summed E-state index contributed by atoms with van der Waals surface area (Å²) in [6, 6.07) is 9.68. The summed E-state index contributed by atoms with van der Waals surface area (Å²) in [5.41, 5.74) is 0.825. The summed E-state index contributed by atoms with van der Waals surface area (Å²) in [6.07, 6.45) is 0.218. The molecule has 84 valence electrons. The molecule has 0 bridgehead atoms. The van der Waals surface area contributed by atoms with Crippen molar-refractivity contribution in [2.75, 3.05) is 6.61 Å². The maximum Gasteiger partial charge on any atom is 0.0812 e. The van der Waals surface area contributed by atoms with Crippen molar-refractivity contribution in [3.05, 3.63) is 35.9 Å². The first-order valence-electron chi connectivity index (χ1n) is 5.36. The summed E-state index contributed by atoms with van der Waals surface area (Å²) in [5.74, 6) is 0. The van der Waals surface area contributed by atoms with E-state index in [2.05, 4.69) is 0 Å². The van der Waals surface area contributed by atoms with E-state index in [0.29, 0.717) is 13.0 Å². The lowest BCUT2D eigenvalue weighted by molar-refractivity contribution is -0.0186. The van der Waals surface area contributed by atoms with E-state index >= 15 is 0 Å². The Kier molecular flexibility index (Phi) is 4.30. The summed E-state index contributed by atoms with van der Waals surface area (Å²) < 4.78 is 5.56. The molecule has 0 aliphatic carbocycles. The number of rotatable bonds is 4. The lowest BCUT2D eigenvalue weighted by Crippen LogP contribution is -2.20. The Labute approximate surface area is 91.9 Å². The van der Waals surface area contributed by atoms with Crippen LogP contribution in [0.1, 0.15) is 38.9 Å². The molecule has 0 aliphatic rings. The van der Waals surface area contributed by atoms with Gasteiger partial charge in [0.05, 0.1) is 18.3 Å². The van der Waals surface area contributed by atoms with Crippen molar-refractivity contribution in [1.82, 2.24) is 0 Å². The minimum Gasteiger partial charge on any atom is -0.388 e. The predicted octanol–water partition coefficient (Wildman–Crippen LogP) is 2.93. The van der Waals surface area contributed by atoms with Crippen LogP contribution in [-0.4, -0.2) is 17.3 Å². The second kappa shape index (κ2) is 5.29. The van der Waals surface area contributed by atoms with Gasteiger partial charge >= 0.3 is 0 Å². The Bertz CT molecular complexity index is 274. The average molecular weight is 208 g/mol. The van der Waals surface area contributed by atoms with Crippen LogP contribution in [0.2, 0.25) is 0 Å². The third kappa shape index (κ3) is 4.96. The Morgan fingerprint density at radius 2 is 1.80 bits per heavy atom. The SMILES string of the molecule is CC(C)(C)OCCC(O)c1ccccc1. The smallest absolute Gasteiger partial charge is 0.0812 e. The van der Waals surface area contributed by atoms with Crippen molar-refractivity contribution in [3.8, 4) is 0 Å². The molecule has 2 nitrogen and oxygen atoms in total. The third-order valence-corrected chi connectivity index (χ3v) is 2.11. The summed E-state index contributed by atoms with van der Waals surface area (Å²) in [4.78, 5) is 0. The van der Waals surface area contributed by atoms with Crippen molar-refractivity contribution < 1.29 is 9.84 Å². The van der Waals surface area contributed by atoms with E-state index in [0.717, 1.165) is 5.56 Å². The Balaban J connectivity index is 2.34. The second-order valence-electron chi connectivity index (χ2n) is 4.68. The van der Waals surface area contributed by atoms with Crippen LogP contribution in [0.15, 0.2) is 30.3 Å². The number of hydrogen-bond acceptors (Lipinski definition) is 2. The van der Waals surface area contributed by atoms with Crippen molar-refractivity contribution >= 4 is 0 Å². The fourth-order valence-corrected chi connectivity index (χ4v) is 1.32. The first kappa shape index (κ1) is 12.2. The normalized spacial score (nSPS) is 13.9. The molecule has 0 saturated carbocycles. The van der Waals surface area contributed by atoms with E-state index in [1.165, 1.54) is 0 Å². The molecular weight excluding hydrogens is 188 g/mol. The van der Waals surface area contributed by atoms with Crippen LogP contribution in [0.3, 0.4) is 0 Å². The van der Waals surface area contributed by atoms with Crippen LogP contribution in [0.4, 0.5) is 0 Å². The average Bonchev–Trinajstić information content (AvgIpc) is 2.17. The Hall–Kier alpha value is -0.860. The summed E-state index contributed by atoms with van der Waals surface area (Å²) in [7, 11) is 0. The number of ether oxygens (including phenoxy) is 1. The monoisotopic (exact) mass is 208 g/mol. The summed E-state index contributed by atoms with van der Waals surface area (Å²) in [5, 5.41) is 9.84. The fourth-order valence-electron chi connectivity index (χ4n) is 1.32. The van der Waals surface area contributed by atoms with Crippen molar-refractivity contribution in [2.45, 2.75) is 38.9 Å². The number of aliphatic hydroxyl groups is 1. The zero-order chi connectivity index (χ0) is 11.3. The van der Waals surface area contributed by atoms with Gasteiger partial charge in [-0.25, -0.2) is 0 Å². The highest BCUT2D eigenvalue weighted by Crippen LogP contribution is 2.17. The molecule has 1 aromatic rings. The predicted molar refractivity (Wildman–Crippen MR) is 61.7 cm³/mol. The lowest BCUT2D eigenvalue weighted by atomic mass is 10.1. The standard InChI is InChI=1S/C13H20O2/c1-13(2,3)15-10-9-12(14)11-7-5-4-6-8-11/h4-8,12,14H,9-10H2,1-3H3. The summed E-state index contributed by atoms with van der Waals surface area (Å²) >= 11 is 0. The molecule has 0 radical (unpaired) electrons. The molecule has 0 fully saturated rings.